The van der Waals surface area contributed by atoms with Gasteiger partial charge in [0.2, 0.25) is 0 Å². The molecule has 1 aliphatic rings. The predicted octanol–water partition coefficient (Wildman–Crippen LogP) is 3.39. The largest absolute Gasteiger partial charge is 0.497 e. The molecule has 1 atom stereocenters. The van der Waals surface area contributed by atoms with Crippen LogP contribution in [0.2, 0.25) is 0 Å². The van der Waals surface area contributed by atoms with Crippen LogP contribution in [0, 0.1) is 13.8 Å². The van der Waals surface area contributed by atoms with Gasteiger partial charge in [-0.15, -0.1) is 0 Å². The molecule has 6 nitrogen and oxygen atoms in total. The van der Waals surface area contributed by atoms with Gasteiger partial charge >= 0.3 is 0 Å². The van der Waals surface area contributed by atoms with Crippen LogP contribution in [-0.2, 0) is 4.74 Å². The summed E-state index contributed by atoms with van der Waals surface area (Å²) < 4.78 is 16.2. The molecule has 0 saturated carbocycles. The van der Waals surface area contributed by atoms with E-state index in [9.17, 15) is 0 Å². The second kappa shape index (κ2) is 7.91. The molecule has 1 fully saturated rings. The molecular formula is C20H27N3O3. The molecule has 140 valence electrons. The molecule has 0 spiro atoms. The number of methoxy groups -OCH3 is 3. The van der Waals surface area contributed by atoms with Gasteiger partial charge in [0.1, 0.15) is 11.5 Å². The lowest BCUT2D eigenvalue weighted by atomic mass is 10.1. The monoisotopic (exact) mass is 357 g/mol. The van der Waals surface area contributed by atoms with Crippen molar-refractivity contribution in [2.45, 2.75) is 32.7 Å². The first-order valence-electron chi connectivity index (χ1n) is 8.92. The van der Waals surface area contributed by atoms with E-state index in [1.807, 2.05) is 32.0 Å². The molecule has 26 heavy (non-hydrogen) atoms. The van der Waals surface area contributed by atoms with Gasteiger partial charge in [-0.2, -0.15) is 0 Å². The Morgan fingerprint density at radius 1 is 1.08 bits per heavy atom. The summed E-state index contributed by atoms with van der Waals surface area (Å²) in [7, 11) is 5.05. The molecule has 2 aromatic rings. The molecule has 0 bridgehead atoms. The van der Waals surface area contributed by atoms with Crippen molar-refractivity contribution in [1.29, 1.82) is 0 Å². The highest BCUT2D eigenvalue weighted by atomic mass is 16.5. The Labute approximate surface area is 155 Å². The second-order valence-electron chi connectivity index (χ2n) is 6.58. The van der Waals surface area contributed by atoms with Crippen LogP contribution < -0.4 is 14.4 Å². The minimum absolute atomic E-state index is 0.369. The summed E-state index contributed by atoms with van der Waals surface area (Å²) >= 11 is 0. The van der Waals surface area contributed by atoms with E-state index < -0.39 is 0 Å². The standard InChI is InChI=1S/C20H27N3O3/c1-13-19(17-9-8-16(25-4)11-18(17)26-5)21-14(2)20(22-13)23-10-6-7-15(23)12-24-3/h8-9,11,15H,6-7,10,12H2,1-5H3. The molecule has 6 heteroatoms. The maximum Gasteiger partial charge on any atom is 0.150 e. The van der Waals surface area contributed by atoms with E-state index in [1.165, 1.54) is 0 Å². The molecular weight excluding hydrogens is 330 g/mol. The quantitative estimate of drug-likeness (QED) is 0.790. The Balaban J connectivity index is 2.00. The molecule has 0 radical (unpaired) electrons. The molecule has 1 aromatic heterocycles. The van der Waals surface area contributed by atoms with Gasteiger partial charge in [0.25, 0.3) is 0 Å². The lowest BCUT2D eigenvalue weighted by Gasteiger charge is -2.27. The normalized spacial score (nSPS) is 16.8. The highest BCUT2D eigenvalue weighted by Gasteiger charge is 2.28. The lowest BCUT2D eigenvalue weighted by Crippen LogP contribution is -2.34. The highest BCUT2D eigenvalue weighted by Crippen LogP contribution is 2.35. The Morgan fingerprint density at radius 3 is 2.58 bits per heavy atom. The van der Waals surface area contributed by atoms with Crippen molar-refractivity contribution < 1.29 is 14.2 Å². The van der Waals surface area contributed by atoms with E-state index in [0.29, 0.717) is 12.6 Å². The number of aryl methyl sites for hydroxylation is 2. The zero-order chi connectivity index (χ0) is 18.7. The second-order valence-corrected chi connectivity index (χ2v) is 6.58. The van der Waals surface area contributed by atoms with Gasteiger partial charge in [0, 0.05) is 25.3 Å². The number of anilines is 1. The maximum absolute atomic E-state index is 5.54. The minimum atomic E-state index is 0.369. The number of rotatable bonds is 6. The molecule has 1 aliphatic heterocycles. The van der Waals surface area contributed by atoms with Crippen LogP contribution in [0.1, 0.15) is 24.2 Å². The van der Waals surface area contributed by atoms with Crippen LogP contribution >= 0.6 is 0 Å². The first kappa shape index (κ1) is 18.5. The van der Waals surface area contributed by atoms with Gasteiger partial charge in [-0.1, -0.05) is 0 Å². The van der Waals surface area contributed by atoms with E-state index in [2.05, 4.69) is 4.90 Å². The molecule has 2 heterocycles. The Morgan fingerprint density at radius 2 is 1.88 bits per heavy atom. The fourth-order valence-corrected chi connectivity index (χ4v) is 3.59. The molecule has 0 amide bonds. The van der Waals surface area contributed by atoms with E-state index in [1.54, 1.807) is 21.3 Å². The molecule has 0 N–H and O–H groups in total. The van der Waals surface area contributed by atoms with Crippen LogP contribution in [-0.4, -0.2) is 50.5 Å². The number of hydrogen-bond donors (Lipinski definition) is 0. The van der Waals surface area contributed by atoms with Crippen molar-refractivity contribution >= 4 is 5.82 Å². The third-order valence-electron chi connectivity index (χ3n) is 4.89. The van der Waals surface area contributed by atoms with Gasteiger partial charge in [-0.25, -0.2) is 9.97 Å². The van der Waals surface area contributed by atoms with Gasteiger partial charge in [0.15, 0.2) is 5.82 Å². The Hall–Kier alpha value is -2.34. The lowest BCUT2D eigenvalue weighted by molar-refractivity contribution is 0.180. The summed E-state index contributed by atoms with van der Waals surface area (Å²) in [6.45, 7) is 5.72. The summed E-state index contributed by atoms with van der Waals surface area (Å²) in [6.07, 6.45) is 2.28. The van der Waals surface area contributed by atoms with Crippen LogP contribution in [0.5, 0.6) is 11.5 Å². The average Bonchev–Trinajstić information content (AvgIpc) is 3.11. The van der Waals surface area contributed by atoms with E-state index in [-0.39, 0.29) is 0 Å². The number of hydrogen-bond acceptors (Lipinski definition) is 6. The van der Waals surface area contributed by atoms with E-state index in [0.717, 1.165) is 59.3 Å². The van der Waals surface area contributed by atoms with Crippen molar-refractivity contribution in [3.05, 3.63) is 29.6 Å². The zero-order valence-electron chi connectivity index (χ0n) is 16.2. The first-order chi connectivity index (χ1) is 12.6. The molecule has 1 aromatic carbocycles. The summed E-state index contributed by atoms with van der Waals surface area (Å²) in [4.78, 5) is 12.1. The van der Waals surface area contributed by atoms with Gasteiger partial charge < -0.3 is 19.1 Å². The average molecular weight is 357 g/mol. The fourth-order valence-electron chi connectivity index (χ4n) is 3.59. The van der Waals surface area contributed by atoms with Crippen molar-refractivity contribution in [2.24, 2.45) is 0 Å². The van der Waals surface area contributed by atoms with Crippen LogP contribution in [0.15, 0.2) is 18.2 Å². The molecule has 3 rings (SSSR count). The van der Waals surface area contributed by atoms with Crippen LogP contribution in [0.25, 0.3) is 11.3 Å². The van der Waals surface area contributed by atoms with Gasteiger partial charge in [-0.05, 0) is 38.8 Å². The topological polar surface area (TPSA) is 56.7 Å². The third-order valence-corrected chi connectivity index (χ3v) is 4.89. The van der Waals surface area contributed by atoms with Crippen LogP contribution in [0.4, 0.5) is 5.82 Å². The van der Waals surface area contributed by atoms with E-state index >= 15 is 0 Å². The number of nitrogens with zero attached hydrogens (tertiary/aromatic N) is 3. The Kier molecular flexibility index (Phi) is 5.61. The molecule has 1 saturated heterocycles. The minimum Gasteiger partial charge on any atom is -0.497 e. The Bertz CT molecular complexity index is 779. The first-order valence-corrected chi connectivity index (χ1v) is 8.92. The van der Waals surface area contributed by atoms with Gasteiger partial charge in [0.05, 0.1) is 44.0 Å². The van der Waals surface area contributed by atoms with Crippen molar-refractivity contribution in [3.63, 3.8) is 0 Å². The SMILES string of the molecule is COCC1CCCN1c1nc(C)c(-c2ccc(OC)cc2OC)nc1C. The third kappa shape index (κ3) is 3.46. The van der Waals surface area contributed by atoms with E-state index in [4.69, 9.17) is 24.2 Å². The predicted molar refractivity (Wildman–Crippen MR) is 102 cm³/mol. The fraction of sp³-hybridized carbons (Fsp3) is 0.500. The van der Waals surface area contributed by atoms with Crippen LogP contribution in [0.3, 0.4) is 0 Å². The summed E-state index contributed by atoms with van der Waals surface area (Å²) in [5, 5.41) is 0. The number of aromatic nitrogens is 2. The van der Waals surface area contributed by atoms with Crippen molar-refractivity contribution in [1.82, 2.24) is 9.97 Å². The summed E-state index contributed by atoms with van der Waals surface area (Å²) in [6, 6.07) is 6.12. The van der Waals surface area contributed by atoms with Crippen molar-refractivity contribution in [3.8, 4) is 22.8 Å². The van der Waals surface area contributed by atoms with Crippen molar-refractivity contribution in [2.75, 3.05) is 39.4 Å². The summed E-state index contributed by atoms with van der Waals surface area (Å²) in [5.74, 6) is 2.44. The van der Waals surface area contributed by atoms with Gasteiger partial charge in [-0.3, -0.25) is 0 Å². The maximum atomic E-state index is 5.54. The molecule has 0 aliphatic carbocycles. The highest BCUT2D eigenvalue weighted by molar-refractivity contribution is 5.71. The number of ether oxygens (including phenoxy) is 3. The number of benzene rings is 1. The zero-order valence-corrected chi connectivity index (χ0v) is 16.2. The molecule has 1 unspecified atom stereocenters. The smallest absolute Gasteiger partial charge is 0.150 e. The summed E-state index contributed by atoms with van der Waals surface area (Å²) in [5.41, 5.74) is 3.57.